The van der Waals surface area contributed by atoms with Crippen molar-refractivity contribution in [1.82, 2.24) is 4.90 Å². The van der Waals surface area contributed by atoms with Crippen LogP contribution in [-0.2, 0) is 4.79 Å². The van der Waals surface area contributed by atoms with E-state index >= 15 is 0 Å². The second kappa shape index (κ2) is 7.25. The number of urea groups is 1. The van der Waals surface area contributed by atoms with E-state index in [1.54, 1.807) is 31.2 Å². The molecule has 19 heavy (non-hydrogen) atoms. The van der Waals surface area contributed by atoms with E-state index in [1.165, 1.54) is 12.0 Å². The molecule has 104 valence electrons. The summed E-state index contributed by atoms with van der Waals surface area (Å²) in [5, 5.41) is 11.3. The number of rotatable bonds is 6. The first-order chi connectivity index (χ1) is 9.08. The number of methoxy groups -OCH3 is 1. The van der Waals surface area contributed by atoms with Crippen LogP contribution in [0.25, 0.3) is 0 Å². The normalized spacial score (nSPS) is 9.79. The smallest absolute Gasteiger partial charge is 0.321 e. The summed E-state index contributed by atoms with van der Waals surface area (Å²) in [6, 6.07) is 6.71. The largest absolute Gasteiger partial charge is 0.495 e. The summed E-state index contributed by atoms with van der Waals surface area (Å²) in [5.74, 6) is -0.367. The molecule has 0 heterocycles. The van der Waals surface area contributed by atoms with Gasteiger partial charge in [0, 0.05) is 13.1 Å². The molecule has 0 aliphatic rings. The van der Waals surface area contributed by atoms with Crippen LogP contribution in [0.15, 0.2) is 24.3 Å². The highest BCUT2D eigenvalue weighted by Gasteiger charge is 2.14. The van der Waals surface area contributed by atoms with Gasteiger partial charge in [-0.05, 0) is 19.1 Å². The Morgan fingerprint density at radius 2 is 2.05 bits per heavy atom. The molecule has 0 saturated carbocycles. The van der Waals surface area contributed by atoms with Gasteiger partial charge in [0.25, 0.3) is 0 Å². The summed E-state index contributed by atoms with van der Waals surface area (Å²) in [4.78, 5) is 23.9. The van der Waals surface area contributed by atoms with Crippen LogP contribution in [-0.4, -0.2) is 42.2 Å². The highest BCUT2D eigenvalue weighted by Crippen LogP contribution is 2.23. The molecule has 0 aliphatic carbocycles. The van der Waals surface area contributed by atoms with Crippen molar-refractivity contribution in [2.45, 2.75) is 13.3 Å². The van der Waals surface area contributed by atoms with Crippen LogP contribution in [0.3, 0.4) is 0 Å². The molecular formula is C13H18N2O4. The van der Waals surface area contributed by atoms with Crippen LogP contribution in [0.1, 0.15) is 13.3 Å². The van der Waals surface area contributed by atoms with Gasteiger partial charge in [-0.25, -0.2) is 4.79 Å². The number of benzene rings is 1. The van der Waals surface area contributed by atoms with Crippen LogP contribution in [0.2, 0.25) is 0 Å². The monoisotopic (exact) mass is 266 g/mol. The van der Waals surface area contributed by atoms with Gasteiger partial charge >= 0.3 is 12.0 Å². The van der Waals surface area contributed by atoms with Gasteiger partial charge in [-0.15, -0.1) is 0 Å². The number of para-hydroxylation sites is 2. The van der Waals surface area contributed by atoms with Crippen LogP contribution < -0.4 is 10.1 Å². The Morgan fingerprint density at radius 3 is 2.63 bits per heavy atom. The van der Waals surface area contributed by atoms with Crippen molar-refractivity contribution in [3.8, 4) is 5.75 Å². The fourth-order valence-electron chi connectivity index (χ4n) is 1.58. The lowest BCUT2D eigenvalue weighted by atomic mass is 10.3. The minimum Gasteiger partial charge on any atom is -0.495 e. The number of hydrogen-bond acceptors (Lipinski definition) is 3. The Morgan fingerprint density at radius 1 is 1.37 bits per heavy atom. The Kier molecular flexibility index (Phi) is 5.66. The zero-order chi connectivity index (χ0) is 14.3. The molecule has 0 atom stereocenters. The van der Waals surface area contributed by atoms with Crippen LogP contribution in [0.5, 0.6) is 5.75 Å². The van der Waals surface area contributed by atoms with Crippen molar-refractivity contribution >= 4 is 17.7 Å². The Hall–Kier alpha value is -2.24. The molecule has 6 nitrogen and oxygen atoms in total. The number of anilines is 1. The Balaban J connectivity index is 2.68. The SMILES string of the molecule is CCN(CCC(=O)O)C(=O)Nc1ccccc1OC. The van der Waals surface area contributed by atoms with E-state index in [-0.39, 0.29) is 19.0 Å². The maximum atomic E-state index is 12.0. The summed E-state index contributed by atoms with van der Waals surface area (Å²) < 4.78 is 5.13. The first-order valence-electron chi connectivity index (χ1n) is 5.99. The molecule has 6 heteroatoms. The van der Waals surface area contributed by atoms with E-state index in [2.05, 4.69) is 5.32 Å². The average molecular weight is 266 g/mol. The molecule has 2 N–H and O–H groups in total. The van der Waals surface area contributed by atoms with E-state index in [0.29, 0.717) is 18.0 Å². The molecule has 0 aliphatic heterocycles. The maximum absolute atomic E-state index is 12.0. The van der Waals surface area contributed by atoms with Gasteiger partial charge in [0.05, 0.1) is 19.2 Å². The predicted octanol–water partition coefficient (Wildman–Crippen LogP) is 2.02. The van der Waals surface area contributed by atoms with Gasteiger partial charge < -0.3 is 20.1 Å². The zero-order valence-corrected chi connectivity index (χ0v) is 11.0. The average Bonchev–Trinajstić information content (AvgIpc) is 2.39. The van der Waals surface area contributed by atoms with Gasteiger partial charge in [0.2, 0.25) is 0 Å². The summed E-state index contributed by atoms with van der Waals surface area (Å²) in [6.45, 7) is 2.41. The molecule has 0 saturated heterocycles. The highest BCUT2D eigenvalue weighted by atomic mass is 16.5. The number of nitrogens with zero attached hydrogens (tertiary/aromatic N) is 1. The van der Waals surface area contributed by atoms with Gasteiger partial charge in [0.1, 0.15) is 5.75 Å². The molecule has 0 spiro atoms. The number of carboxylic acid groups (broad SMARTS) is 1. The molecule has 0 aromatic heterocycles. The van der Waals surface area contributed by atoms with E-state index in [1.807, 2.05) is 0 Å². The number of hydrogen-bond donors (Lipinski definition) is 2. The van der Waals surface area contributed by atoms with E-state index in [0.717, 1.165) is 0 Å². The highest BCUT2D eigenvalue weighted by molar-refractivity contribution is 5.91. The van der Waals surface area contributed by atoms with E-state index in [4.69, 9.17) is 9.84 Å². The van der Waals surface area contributed by atoms with Crippen molar-refractivity contribution < 1.29 is 19.4 Å². The number of nitrogens with one attached hydrogen (secondary N) is 1. The third-order valence-corrected chi connectivity index (χ3v) is 2.61. The van der Waals surface area contributed by atoms with Crippen molar-refractivity contribution in [3.05, 3.63) is 24.3 Å². The zero-order valence-electron chi connectivity index (χ0n) is 11.0. The fourth-order valence-corrected chi connectivity index (χ4v) is 1.58. The van der Waals surface area contributed by atoms with Gasteiger partial charge in [-0.1, -0.05) is 12.1 Å². The Labute approximate surface area is 112 Å². The lowest BCUT2D eigenvalue weighted by Crippen LogP contribution is -2.36. The van der Waals surface area contributed by atoms with E-state index < -0.39 is 5.97 Å². The number of carbonyl (C=O) groups excluding carboxylic acids is 1. The lowest BCUT2D eigenvalue weighted by Gasteiger charge is -2.21. The van der Waals surface area contributed by atoms with Gasteiger partial charge in [-0.3, -0.25) is 4.79 Å². The molecule has 1 aromatic rings. The second-order valence-electron chi connectivity index (χ2n) is 3.85. The summed E-state index contributed by atoms with van der Waals surface area (Å²) in [6.07, 6.45) is -0.0762. The summed E-state index contributed by atoms with van der Waals surface area (Å²) in [5.41, 5.74) is 0.559. The van der Waals surface area contributed by atoms with E-state index in [9.17, 15) is 9.59 Å². The van der Waals surface area contributed by atoms with Crippen LogP contribution >= 0.6 is 0 Å². The topological polar surface area (TPSA) is 78.9 Å². The number of aliphatic carboxylic acids is 1. The molecule has 0 fully saturated rings. The molecule has 0 bridgehead atoms. The minimum atomic E-state index is -0.927. The molecule has 1 aromatic carbocycles. The third kappa shape index (κ3) is 4.50. The molecule has 0 radical (unpaired) electrons. The van der Waals surface area contributed by atoms with Crippen LogP contribution in [0, 0.1) is 0 Å². The molecule has 1 rings (SSSR count). The quantitative estimate of drug-likeness (QED) is 0.825. The first-order valence-corrected chi connectivity index (χ1v) is 5.99. The van der Waals surface area contributed by atoms with Gasteiger partial charge in [-0.2, -0.15) is 0 Å². The standard InChI is InChI=1S/C13H18N2O4/c1-3-15(9-8-12(16)17)13(18)14-10-6-4-5-7-11(10)19-2/h4-7H,3,8-9H2,1-2H3,(H,14,18)(H,16,17). The first kappa shape index (κ1) is 14.8. The van der Waals surface area contributed by atoms with Crippen molar-refractivity contribution in [2.24, 2.45) is 0 Å². The summed E-state index contributed by atoms with van der Waals surface area (Å²) in [7, 11) is 1.52. The summed E-state index contributed by atoms with van der Waals surface area (Å²) >= 11 is 0. The number of carboxylic acids is 1. The third-order valence-electron chi connectivity index (χ3n) is 2.61. The van der Waals surface area contributed by atoms with Crippen molar-refractivity contribution in [1.29, 1.82) is 0 Å². The van der Waals surface area contributed by atoms with Gasteiger partial charge in [0.15, 0.2) is 0 Å². The molecule has 0 unspecified atom stereocenters. The Bertz CT molecular complexity index is 448. The second-order valence-corrected chi connectivity index (χ2v) is 3.85. The molecular weight excluding hydrogens is 248 g/mol. The minimum absolute atomic E-state index is 0.0762. The fraction of sp³-hybridized carbons (Fsp3) is 0.385. The number of amides is 2. The number of ether oxygens (including phenoxy) is 1. The predicted molar refractivity (Wildman–Crippen MR) is 71.5 cm³/mol. The van der Waals surface area contributed by atoms with Crippen molar-refractivity contribution in [3.63, 3.8) is 0 Å². The lowest BCUT2D eigenvalue weighted by molar-refractivity contribution is -0.137. The maximum Gasteiger partial charge on any atom is 0.321 e. The van der Waals surface area contributed by atoms with Crippen molar-refractivity contribution in [2.75, 3.05) is 25.5 Å². The number of carbonyl (C=O) groups is 2. The molecule has 2 amide bonds. The van der Waals surface area contributed by atoms with Crippen LogP contribution in [0.4, 0.5) is 10.5 Å².